The molecule has 1 unspecified atom stereocenters. The molecule has 0 fully saturated rings. The van der Waals surface area contributed by atoms with Crippen molar-refractivity contribution in [3.05, 3.63) is 23.9 Å². The van der Waals surface area contributed by atoms with Crippen LogP contribution in [0.2, 0.25) is 0 Å². The maximum absolute atomic E-state index is 12.3. The Morgan fingerprint density at radius 3 is 2.59 bits per heavy atom. The predicted octanol–water partition coefficient (Wildman–Crippen LogP) is 2.11. The van der Waals surface area contributed by atoms with Gasteiger partial charge in [0.1, 0.15) is 6.61 Å². The van der Waals surface area contributed by atoms with Gasteiger partial charge in [-0.15, -0.1) is 0 Å². The molecule has 0 spiro atoms. The summed E-state index contributed by atoms with van der Waals surface area (Å²) in [6.45, 7) is 3.85. The van der Waals surface area contributed by atoms with Crippen molar-refractivity contribution in [1.29, 1.82) is 0 Å². The van der Waals surface area contributed by atoms with Crippen molar-refractivity contribution in [2.75, 3.05) is 13.2 Å². The number of pyridine rings is 1. The Labute approximate surface area is 127 Å². The Morgan fingerprint density at radius 2 is 2.09 bits per heavy atom. The van der Waals surface area contributed by atoms with E-state index in [0.717, 1.165) is 18.6 Å². The number of hydrogen-bond acceptors (Lipinski definition) is 4. The number of rotatable bonds is 7. The predicted molar refractivity (Wildman–Crippen MR) is 75.2 cm³/mol. The summed E-state index contributed by atoms with van der Waals surface area (Å²) < 4.78 is 42.2. The average Bonchev–Trinajstić information content (AvgIpc) is 2.42. The van der Waals surface area contributed by atoms with Gasteiger partial charge < -0.3 is 15.8 Å². The smallest absolute Gasteiger partial charge is 0.417 e. The number of nitrogens with one attached hydrogen (secondary N) is 1. The van der Waals surface area contributed by atoms with Crippen LogP contribution in [-0.4, -0.2) is 29.6 Å². The molecule has 5 nitrogen and oxygen atoms in total. The van der Waals surface area contributed by atoms with Crippen LogP contribution in [0.4, 0.5) is 13.2 Å². The second-order valence-corrected chi connectivity index (χ2v) is 5.15. The summed E-state index contributed by atoms with van der Waals surface area (Å²) >= 11 is 0. The van der Waals surface area contributed by atoms with Crippen molar-refractivity contribution in [2.45, 2.75) is 38.4 Å². The lowest BCUT2D eigenvalue weighted by molar-refractivity contribution is -0.137. The molecule has 1 heterocycles. The van der Waals surface area contributed by atoms with E-state index < -0.39 is 17.3 Å². The SMILES string of the molecule is CCCC(C)(N)C(=O)NCCOc1ccc(C(F)(F)F)cn1. The third-order valence-corrected chi connectivity index (χ3v) is 2.99. The van der Waals surface area contributed by atoms with Crippen molar-refractivity contribution in [1.82, 2.24) is 10.3 Å². The summed E-state index contributed by atoms with van der Waals surface area (Å²) in [7, 11) is 0. The summed E-state index contributed by atoms with van der Waals surface area (Å²) in [4.78, 5) is 15.3. The third-order valence-electron chi connectivity index (χ3n) is 2.99. The van der Waals surface area contributed by atoms with Crippen molar-refractivity contribution < 1.29 is 22.7 Å². The van der Waals surface area contributed by atoms with Gasteiger partial charge in [-0.05, 0) is 19.4 Å². The molecule has 0 aromatic carbocycles. The molecule has 1 aromatic heterocycles. The highest BCUT2D eigenvalue weighted by atomic mass is 19.4. The minimum atomic E-state index is -4.43. The van der Waals surface area contributed by atoms with Crippen molar-refractivity contribution >= 4 is 5.91 Å². The van der Waals surface area contributed by atoms with Gasteiger partial charge in [0.15, 0.2) is 0 Å². The molecule has 0 saturated heterocycles. The molecule has 1 atom stereocenters. The Kier molecular flexibility index (Phi) is 6.16. The second-order valence-electron chi connectivity index (χ2n) is 5.15. The molecule has 0 radical (unpaired) electrons. The zero-order chi connectivity index (χ0) is 16.8. The molecule has 22 heavy (non-hydrogen) atoms. The molecule has 8 heteroatoms. The van der Waals surface area contributed by atoms with Gasteiger partial charge in [-0.3, -0.25) is 4.79 Å². The van der Waals surface area contributed by atoms with Gasteiger partial charge in [0.05, 0.1) is 17.6 Å². The molecule has 0 aliphatic rings. The fourth-order valence-electron chi connectivity index (χ4n) is 1.79. The summed E-state index contributed by atoms with van der Waals surface area (Å²) in [5.74, 6) is -0.232. The second kappa shape index (κ2) is 7.44. The maximum atomic E-state index is 12.3. The van der Waals surface area contributed by atoms with E-state index in [1.165, 1.54) is 0 Å². The summed E-state index contributed by atoms with van der Waals surface area (Å²) in [5, 5.41) is 2.62. The lowest BCUT2D eigenvalue weighted by Crippen LogP contribution is -2.52. The fourth-order valence-corrected chi connectivity index (χ4v) is 1.79. The van der Waals surface area contributed by atoms with E-state index in [-0.39, 0.29) is 24.9 Å². The molecule has 0 aliphatic carbocycles. The van der Waals surface area contributed by atoms with Crippen LogP contribution in [0.3, 0.4) is 0 Å². The fraction of sp³-hybridized carbons (Fsp3) is 0.571. The normalized spacial score (nSPS) is 14.3. The van der Waals surface area contributed by atoms with Gasteiger partial charge in [0.2, 0.25) is 11.8 Å². The number of carbonyl (C=O) groups excluding carboxylic acids is 1. The first-order valence-corrected chi connectivity index (χ1v) is 6.90. The van der Waals surface area contributed by atoms with Gasteiger partial charge >= 0.3 is 6.18 Å². The van der Waals surface area contributed by atoms with Gasteiger partial charge in [-0.1, -0.05) is 13.3 Å². The number of nitrogens with zero attached hydrogens (tertiary/aromatic N) is 1. The maximum Gasteiger partial charge on any atom is 0.417 e. The molecule has 0 saturated carbocycles. The van der Waals surface area contributed by atoms with Gasteiger partial charge in [-0.25, -0.2) is 4.98 Å². The Balaban J connectivity index is 2.38. The number of aromatic nitrogens is 1. The number of hydrogen-bond donors (Lipinski definition) is 2. The van der Waals surface area contributed by atoms with Crippen molar-refractivity contribution in [3.63, 3.8) is 0 Å². The minimum Gasteiger partial charge on any atom is -0.476 e. The molecule has 1 rings (SSSR count). The summed E-state index contributed by atoms with van der Waals surface area (Å²) in [6.07, 6.45) is -2.39. The first kappa shape index (κ1) is 18.2. The minimum absolute atomic E-state index is 0.0614. The Hall–Kier alpha value is -1.83. The molecule has 3 N–H and O–H groups in total. The van der Waals surface area contributed by atoms with Crippen molar-refractivity contribution in [3.8, 4) is 5.88 Å². The lowest BCUT2D eigenvalue weighted by atomic mass is 9.97. The number of alkyl halides is 3. The molecular formula is C14H20F3N3O2. The van der Waals surface area contributed by atoms with Crippen LogP contribution in [0.15, 0.2) is 18.3 Å². The van der Waals surface area contributed by atoms with E-state index in [1.54, 1.807) is 6.92 Å². The van der Waals surface area contributed by atoms with Crippen LogP contribution in [0.1, 0.15) is 32.3 Å². The first-order chi connectivity index (χ1) is 10.2. The number of amides is 1. The van der Waals surface area contributed by atoms with E-state index in [4.69, 9.17) is 10.5 Å². The molecule has 1 amide bonds. The highest BCUT2D eigenvalue weighted by Gasteiger charge is 2.30. The average molecular weight is 319 g/mol. The van der Waals surface area contributed by atoms with Crippen molar-refractivity contribution in [2.24, 2.45) is 5.73 Å². The van der Waals surface area contributed by atoms with Gasteiger partial charge in [-0.2, -0.15) is 13.2 Å². The van der Waals surface area contributed by atoms with E-state index in [1.807, 2.05) is 6.92 Å². The summed E-state index contributed by atoms with van der Waals surface area (Å²) in [5.41, 5.74) is 4.07. The van der Waals surface area contributed by atoms with Crippen LogP contribution in [0.25, 0.3) is 0 Å². The lowest BCUT2D eigenvalue weighted by Gasteiger charge is -2.22. The van der Waals surface area contributed by atoms with Crippen LogP contribution in [0.5, 0.6) is 5.88 Å². The molecular weight excluding hydrogens is 299 g/mol. The molecule has 124 valence electrons. The van der Waals surface area contributed by atoms with Crippen LogP contribution >= 0.6 is 0 Å². The highest BCUT2D eigenvalue weighted by molar-refractivity contribution is 5.85. The molecule has 0 bridgehead atoms. The number of halogens is 3. The van der Waals surface area contributed by atoms with Gasteiger partial charge in [0, 0.05) is 12.3 Å². The molecule has 1 aromatic rings. The zero-order valence-electron chi connectivity index (χ0n) is 12.5. The number of nitrogens with two attached hydrogens (primary N) is 1. The largest absolute Gasteiger partial charge is 0.476 e. The standard InChI is InChI=1S/C14H20F3N3O2/c1-3-6-13(2,18)12(21)19-7-8-22-11-5-4-10(9-20-11)14(15,16)17/h4-5,9H,3,6-8,18H2,1-2H3,(H,19,21). The summed E-state index contributed by atoms with van der Waals surface area (Å²) in [6, 6.07) is 2.02. The van der Waals surface area contributed by atoms with E-state index in [2.05, 4.69) is 10.3 Å². The van der Waals surface area contributed by atoms with E-state index in [0.29, 0.717) is 12.6 Å². The molecule has 0 aliphatic heterocycles. The van der Waals surface area contributed by atoms with Crippen LogP contribution in [-0.2, 0) is 11.0 Å². The van der Waals surface area contributed by atoms with Gasteiger partial charge in [0.25, 0.3) is 0 Å². The van der Waals surface area contributed by atoms with Crippen LogP contribution in [0, 0.1) is 0 Å². The Morgan fingerprint density at radius 1 is 1.41 bits per heavy atom. The Bertz CT molecular complexity index is 487. The quantitative estimate of drug-likeness (QED) is 0.755. The van der Waals surface area contributed by atoms with E-state index in [9.17, 15) is 18.0 Å². The zero-order valence-corrected chi connectivity index (χ0v) is 12.5. The number of carbonyl (C=O) groups is 1. The highest BCUT2D eigenvalue weighted by Crippen LogP contribution is 2.29. The number of ether oxygens (including phenoxy) is 1. The first-order valence-electron chi connectivity index (χ1n) is 6.90. The van der Waals surface area contributed by atoms with E-state index >= 15 is 0 Å². The topological polar surface area (TPSA) is 77.2 Å². The third kappa shape index (κ3) is 5.51. The van der Waals surface area contributed by atoms with Crippen LogP contribution < -0.4 is 15.8 Å². The monoisotopic (exact) mass is 319 g/mol.